The van der Waals surface area contributed by atoms with Crippen LogP contribution in [0.1, 0.15) is 24.7 Å². The van der Waals surface area contributed by atoms with E-state index in [9.17, 15) is 0 Å². The number of nitrogens with zero attached hydrogens (tertiary/aromatic N) is 3. The van der Waals surface area contributed by atoms with E-state index in [1.54, 1.807) is 4.68 Å². The summed E-state index contributed by atoms with van der Waals surface area (Å²) in [7, 11) is 0. The second-order valence-electron chi connectivity index (χ2n) is 2.74. The fourth-order valence-corrected chi connectivity index (χ4v) is 1.57. The van der Waals surface area contributed by atoms with Crippen molar-refractivity contribution in [2.24, 2.45) is 0 Å². The van der Waals surface area contributed by atoms with Crippen molar-refractivity contribution in [3.05, 3.63) is 11.4 Å². The molecule has 0 atom stereocenters. The number of aromatic nitrogens is 3. The Bertz CT molecular complexity index is 290. The quantitative estimate of drug-likeness (QED) is 0.747. The van der Waals surface area contributed by atoms with Gasteiger partial charge in [0, 0.05) is 6.54 Å². The number of halogens is 3. The summed E-state index contributed by atoms with van der Waals surface area (Å²) < 4.78 is 0.257. The van der Waals surface area contributed by atoms with Crippen molar-refractivity contribution in [1.29, 1.82) is 0 Å². The molecule has 0 aliphatic rings. The maximum absolute atomic E-state index is 5.69. The van der Waals surface area contributed by atoms with Gasteiger partial charge >= 0.3 is 0 Å². The first-order valence-electron chi connectivity index (χ1n) is 3.94. The van der Waals surface area contributed by atoms with E-state index in [0.717, 1.165) is 18.7 Å². The molecule has 13 heavy (non-hydrogen) atoms. The lowest BCUT2D eigenvalue weighted by Crippen LogP contribution is -2.05. The summed E-state index contributed by atoms with van der Waals surface area (Å²) in [6, 6.07) is 0. The van der Waals surface area contributed by atoms with Gasteiger partial charge in [-0.1, -0.05) is 46.9 Å². The molecule has 0 amide bonds. The van der Waals surface area contributed by atoms with Crippen LogP contribution in [-0.2, 0) is 10.3 Å². The van der Waals surface area contributed by atoms with E-state index >= 15 is 0 Å². The first-order valence-corrected chi connectivity index (χ1v) is 5.07. The summed E-state index contributed by atoms with van der Waals surface area (Å²) >= 11 is 17.1. The molecule has 1 heterocycles. The maximum atomic E-state index is 5.69. The predicted octanol–water partition coefficient (Wildman–Crippen LogP) is 2.82. The number of aryl methyl sites for hydroxylation is 1. The van der Waals surface area contributed by atoms with Gasteiger partial charge in [0.1, 0.15) is 5.69 Å². The predicted molar refractivity (Wildman–Crippen MR) is 54.3 cm³/mol. The van der Waals surface area contributed by atoms with Crippen molar-refractivity contribution in [2.75, 3.05) is 0 Å². The van der Waals surface area contributed by atoms with Crippen LogP contribution in [0.3, 0.4) is 0 Å². The molecule has 74 valence electrons. The molecule has 0 spiro atoms. The molecule has 6 heteroatoms. The number of rotatable bonds is 2. The van der Waals surface area contributed by atoms with Crippen molar-refractivity contribution in [2.45, 2.75) is 30.6 Å². The van der Waals surface area contributed by atoms with Crippen molar-refractivity contribution < 1.29 is 0 Å². The smallest absolute Gasteiger partial charge is 0.236 e. The molecular formula is C7H10Cl3N3. The minimum Gasteiger partial charge on any atom is -0.249 e. The van der Waals surface area contributed by atoms with E-state index in [1.807, 2.05) is 6.92 Å². The summed E-state index contributed by atoms with van der Waals surface area (Å²) in [6.07, 6.45) is 0.976. The zero-order chi connectivity index (χ0) is 10.1. The van der Waals surface area contributed by atoms with E-state index in [-0.39, 0.29) is 0 Å². The van der Waals surface area contributed by atoms with Gasteiger partial charge in [-0.25, -0.2) is 4.68 Å². The lowest BCUT2D eigenvalue weighted by atomic mass is 10.3. The van der Waals surface area contributed by atoms with Gasteiger partial charge in [0.25, 0.3) is 0 Å². The number of hydrogen-bond acceptors (Lipinski definition) is 2. The summed E-state index contributed by atoms with van der Waals surface area (Å²) in [5.41, 5.74) is 1.22. The third-order valence-corrected chi connectivity index (χ3v) is 2.22. The van der Waals surface area contributed by atoms with Gasteiger partial charge in [-0.2, -0.15) is 0 Å². The summed E-state index contributed by atoms with van der Waals surface area (Å²) in [6.45, 7) is 4.68. The van der Waals surface area contributed by atoms with Crippen LogP contribution < -0.4 is 0 Å². The second-order valence-corrected chi connectivity index (χ2v) is 5.03. The van der Waals surface area contributed by atoms with Crippen molar-refractivity contribution in [3.63, 3.8) is 0 Å². The second kappa shape index (κ2) is 4.03. The molecular weight excluding hydrogens is 232 g/mol. The minimum absolute atomic E-state index is 0.408. The molecule has 0 aromatic carbocycles. The van der Waals surface area contributed by atoms with E-state index in [4.69, 9.17) is 34.8 Å². The monoisotopic (exact) mass is 241 g/mol. The molecule has 0 unspecified atom stereocenters. The van der Waals surface area contributed by atoms with E-state index in [1.165, 1.54) is 0 Å². The molecule has 1 aromatic heterocycles. The Kier molecular flexibility index (Phi) is 3.44. The molecule has 0 aliphatic carbocycles. The van der Waals surface area contributed by atoms with Crippen LogP contribution in [-0.4, -0.2) is 15.0 Å². The third kappa shape index (κ3) is 2.48. The molecule has 0 aliphatic heterocycles. The van der Waals surface area contributed by atoms with Gasteiger partial charge in [-0.15, -0.1) is 5.10 Å². The first-order chi connectivity index (χ1) is 5.96. The highest BCUT2D eigenvalue weighted by Gasteiger charge is 2.29. The van der Waals surface area contributed by atoms with Gasteiger partial charge in [-0.05, 0) is 13.3 Å². The Hall–Kier alpha value is 0.01000. The van der Waals surface area contributed by atoms with Gasteiger partial charge in [0.15, 0.2) is 0 Å². The summed E-state index contributed by atoms with van der Waals surface area (Å²) in [5, 5.41) is 7.71. The summed E-state index contributed by atoms with van der Waals surface area (Å²) in [4.78, 5) is 0. The van der Waals surface area contributed by atoms with E-state index in [0.29, 0.717) is 5.69 Å². The largest absolute Gasteiger partial charge is 0.249 e. The summed E-state index contributed by atoms with van der Waals surface area (Å²) in [5.74, 6) is 0. The Balaban J connectivity index is 2.99. The Labute approximate surface area is 92.0 Å². The van der Waals surface area contributed by atoms with Crippen LogP contribution in [0.4, 0.5) is 0 Å². The lowest BCUT2D eigenvalue weighted by molar-refractivity contribution is 0.566. The minimum atomic E-state index is -1.48. The van der Waals surface area contributed by atoms with Gasteiger partial charge < -0.3 is 0 Å². The molecule has 0 N–H and O–H groups in total. The Morgan fingerprint density at radius 1 is 1.38 bits per heavy atom. The Morgan fingerprint density at radius 2 is 2.00 bits per heavy atom. The standard InChI is InChI=1S/C7H10Cl3N3/c1-3-4-13-5(2)6(11-12-13)7(8,9)10/h3-4H2,1-2H3. The maximum Gasteiger partial charge on any atom is 0.236 e. The van der Waals surface area contributed by atoms with Crippen LogP contribution in [0, 0.1) is 6.92 Å². The SMILES string of the molecule is CCCn1nnc(C(Cl)(Cl)Cl)c1C. The lowest BCUT2D eigenvalue weighted by Gasteiger charge is -2.07. The van der Waals surface area contributed by atoms with Gasteiger partial charge in [0.05, 0.1) is 5.69 Å². The first kappa shape index (κ1) is 11.1. The van der Waals surface area contributed by atoms with E-state index < -0.39 is 3.79 Å². The number of alkyl halides is 3. The average Bonchev–Trinajstić information content (AvgIpc) is 2.32. The molecule has 1 aromatic rings. The average molecular weight is 243 g/mol. The van der Waals surface area contributed by atoms with Crippen molar-refractivity contribution >= 4 is 34.8 Å². The molecule has 3 nitrogen and oxygen atoms in total. The van der Waals surface area contributed by atoms with Crippen LogP contribution in [0.25, 0.3) is 0 Å². The topological polar surface area (TPSA) is 30.7 Å². The van der Waals surface area contributed by atoms with Crippen molar-refractivity contribution in [1.82, 2.24) is 15.0 Å². The zero-order valence-electron chi connectivity index (χ0n) is 7.39. The molecule has 0 saturated heterocycles. The van der Waals surface area contributed by atoms with Crippen LogP contribution in [0.5, 0.6) is 0 Å². The van der Waals surface area contributed by atoms with Crippen LogP contribution in [0.15, 0.2) is 0 Å². The fraction of sp³-hybridized carbons (Fsp3) is 0.714. The highest BCUT2D eigenvalue weighted by molar-refractivity contribution is 6.66. The van der Waals surface area contributed by atoms with Crippen LogP contribution >= 0.6 is 34.8 Å². The number of hydrogen-bond donors (Lipinski definition) is 0. The Morgan fingerprint density at radius 3 is 2.38 bits per heavy atom. The highest BCUT2D eigenvalue weighted by Crippen LogP contribution is 2.38. The van der Waals surface area contributed by atoms with E-state index in [2.05, 4.69) is 17.2 Å². The third-order valence-electron chi connectivity index (χ3n) is 1.69. The fourth-order valence-electron chi connectivity index (χ4n) is 1.05. The van der Waals surface area contributed by atoms with Crippen LogP contribution in [0.2, 0.25) is 0 Å². The molecule has 0 radical (unpaired) electrons. The molecule has 0 saturated carbocycles. The van der Waals surface area contributed by atoms with Gasteiger partial charge in [0.2, 0.25) is 3.79 Å². The molecule has 1 rings (SSSR count). The normalized spacial score (nSPS) is 12.1. The molecule has 0 bridgehead atoms. The van der Waals surface area contributed by atoms with Gasteiger partial charge in [-0.3, -0.25) is 0 Å². The highest BCUT2D eigenvalue weighted by atomic mass is 35.6. The molecule has 0 fully saturated rings. The van der Waals surface area contributed by atoms with Crippen molar-refractivity contribution in [3.8, 4) is 0 Å². The zero-order valence-corrected chi connectivity index (χ0v) is 9.66.